The van der Waals surface area contributed by atoms with E-state index in [1.54, 1.807) is 12.3 Å². The number of hydrogen-bond acceptors (Lipinski definition) is 4. The van der Waals surface area contributed by atoms with Gasteiger partial charge in [-0.1, -0.05) is 24.3 Å². The first-order chi connectivity index (χ1) is 14.7. The summed E-state index contributed by atoms with van der Waals surface area (Å²) in [6.07, 6.45) is 1.16. The molecular weight excluding hydrogens is 403 g/mol. The summed E-state index contributed by atoms with van der Waals surface area (Å²) in [5.74, 6) is 0. The standard InChI is InChI=1S/C24H24F3N3O/c1-14-19(4-3-5-21(14)24(25,26)27)15(2)29-23-13-28-30-22-11-8-17(12-20(22)23)16-6-9-18(31)10-7-16/h3-6,8,11-13,15,18,31H,7,9-10H2,1-2H3,(H,29,30)/t15-,18?/m1/s1. The minimum atomic E-state index is -4.39. The Morgan fingerprint density at radius 2 is 2.00 bits per heavy atom. The Balaban J connectivity index is 1.68. The van der Waals surface area contributed by atoms with Crippen LogP contribution in [0, 0.1) is 6.92 Å². The zero-order valence-electron chi connectivity index (χ0n) is 17.4. The molecular formula is C24H24F3N3O. The van der Waals surface area contributed by atoms with Crippen molar-refractivity contribution >= 4 is 22.2 Å². The number of aliphatic hydroxyl groups is 1. The summed E-state index contributed by atoms with van der Waals surface area (Å²) >= 11 is 0. The van der Waals surface area contributed by atoms with Gasteiger partial charge >= 0.3 is 6.18 Å². The van der Waals surface area contributed by atoms with E-state index >= 15 is 0 Å². The second kappa shape index (κ2) is 8.30. The average Bonchev–Trinajstić information content (AvgIpc) is 2.73. The van der Waals surface area contributed by atoms with Gasteiger partial charge in [0, 0.05) is 11.4 Å². The number of alkyl halides is 3. The molecule has 2 N–H and O–H groups in total. The van der Waals surface area contributed by atoms with Crippen LogP contribution in [0.5, 0.6) is 0 Å². The van der Waals surface area contributed by atoms with Crippen LogP contribution in [-0.4, -0.2) is 21.4 Å². The highest BCUT2D eigenvalue weighted by molar-refractivity contribution is 5.93. The molecule has 4 nitrogen and oxygen atoms in total. The van der Waals surface area contributed by atoms with Crippen molar-refractivity contribution in [1.29, 1.82) is 0 Å². The summed E-state index contributed by atoms with van der Waals surface area (Å²) in [5.41, 5.74) is 3.83. The molecule has 3 aromatic rings. The molecule has 1 aliphatic carbocycles. The van der Waals surface area contributed by atoms with Gasteiger partial charge in [0.2, 0.25) is 0 Å². The highest BCUT2D eigenvalue weighted by Gasteiger charge is 2.33. The Bertz CT molecular complexity index is 1140. The summed E-state index contributed by atoms with van der Waals surface area (Å²) in [7, 11) is 0. The fourth-order valence-electron chi connectivity index (χ4n) is 4.20. The Morgan fingerprint density at radius 3 is 2.71 bits per heavy atom. The van der Waals surface area contributed by atoms with Crippen LogP contribution in [0.25, 0.3) is 16.5 Å². The maximum absolute atomic E-state index is 13.3. The van der Waals surface area contributed by atoms with Gasteiger partial charge in [-0.25, -0.2) is 0 Å². The van der Waals surface area contributed by atoms with Gasteiger partial charge in [0.05, 0.1) is 29.1 Å². The van der Waals surface area contributed by atoms with Crippen LogP contribution in [0.15, 0.2) is 48.7 Å². The fourth-order valence-corrected chi connectivity index (χ4v) is 4.20. The SMILES string of the molecule is Cc1c([C@@H](C)Nc2cnnc3ccc(C4=CCC(O)CC4)cc23)cccc1C(F)(F)F. The van der Waals surface area contributed by atoms with E-state index in [2.05, 4.69) is 21.6 Å². The number of nitrogens with one attached hydrogen (secondary N) is 1. The van der Waals surface area contributed by atoms with Crippen LogP contribution in [-0.2, 0) is 6.18 Å². The van der Waals surface area contributed by atoms with Gasteiger partial charge in [0.25, 0.3) is 0 Å². The first-order valence-corrected chi connectivity index (χ1v) is 10.3. The molecule has 0 radical (unpaired) electrons. The summed E-state index contributed by atoms with van der Waals surface area (Å²) in [6, 6.07) is 9.82. The third kappa shape index (κ3) is 4.42. The van der Waals surface area contributed by atoms with Crippen molar-refractivity contribution in [1.82, 2.24) is 10.2 Å². The number of hydrogen-bond donors (Lipinski definition) is 2. The summed E-state index contributed by atoms with van der Waals surface area (Å²) in [5, 5.41) is 22.2. The van der Waals surface area contributed by atoms with Gasteiger partial charge in [0.15, 0.2) is 0 Å². The topological polar surface area (TPSA) is 58.0 Å². The first-order valence-electron chi connectivity index (χ1n) is 10.3. The maximum Gasteiger partial charge on any atom is 0.416 e. The first kappa shape index (κ1) is 21.3. The van der Waals surface area contributed by atoms with Crippen LogP contribution >= 0.6 is 0 Å². The van der Waals surface area contributed by atoms with Crippen molar-refractivity contribution in [2.75, 3.05) is 5.32 Å². The van der Waals surface area contributed by atoms with E-state index in [4.69, 9.17) is 0 Å². The molecule has 2 aromatic carbocycles. The lowest BCUT2D eigenvalue weighted by molar-refractivity contribution is -0.138. The fraction of sp³-hybridized carbons (Fsp3) is 0.333. The molecule has 1 aromatic heterocycles. The number of benzene rings is 2. The second-order valence-corrected chi connectivity index (χ2v) is 8.03. The molecule has 31 heavy (non-hydrogen) atoms. The molecule has 1 heterocycles. The lowest BCUT2D eigenvalue weighted by atomic mass is 9.91. The van der Waals surface area contributed by atoms with E-state index in [1.807, 2.05) is 25.1 Å². The summed E-state index contributed by atoms with van der Waals surface area (Å²) in [6.45, 7) is 3.34. The molecule has 0 spiro atoms. The van der Waals surface area contributed by atoms with Gasteiger partial charge in [-0.2, -0.15) is 23.4 Å². The third-order valence-electron chi connectivity index (χ3n) is 5.91. The van der Waals surface area contributed by atoms with E-state index in [1.165, 1.54) is 18.6 Å². The zero-order chi connectivity index (χ0) is 22.2. The molecule has 7 heteroatoms. The Hall–Kier alpha value is -2.93. The van der Waals surface area contributed by atoms with E-state index in [0.717, 1.165) is 29.9 Å². The molecule has 1 aliphatic rings. The normalized spacial score (nSPS) is 18.0. The molecule has 0 aliphatic heterocycles. The largest absolute Gasteiger partial charge is 0.416 e. The highest BCUT2D eigenvalue weighted by Crippen LogP contribution is 2.36. The van der Waals surface area contributed by atoms with Crippen LogP contribution < -0.4 is 5.32 Å². The predicted molar refractivity (Wildman–Crippen MR) is 116 cm³/mol. The molecule has 0 saturated carbocycles. The number of fused-ring (bicyclic) bond motifs is 1. The summed E-state index contributed by atoms with van der Waals surface area (Å²) < 4.78 is 39.9. The Labute approximate surface area is 178 Å². The van der Waals surface area contributed by atoms with Crippen LogP contribution in [0.2, 0.25) is 0 Å². The number of allylic oxidation sites excluding steroid dienone is 1. The van der Waals surface area contributed by atoms with Gasteiger partial charge < -0.3 is 10.4 Å². The van der Waals surface area contributed by atoms with Crippen molar-refractivity contribution in [2.45, 2.75) is 51.4 Å². The van der Waals surface area contributed by atoms with Crippen LogP contribution in [0.4, 0.5) is 18.9 Å². The van der Waals surface area contributed by atoms with Crippen molar-refractivity contribution in [3.8, 4) is 0 Å². The van der Waals surface area contributed by atoms with Crippen molar-refractivity contribution in [2.24, 2.45) is 0 Å². The number of anilines is 1. The number of nitrogens with zero attached hydrogens (tertiary/aromatic N) is 2. The predicted octanol–water partition coefficient (Wildman–Crippen LogP) is 6.06. The molecule has 0 bridgehead atoms. The molecule has 1 unspecified atom stereocenters. The lowest BCUT2D eigenvalue weighted by Gasteiger charge is -2.22. The molecule has 162 valence electrons. The van der Waals surface area contributed by atoms with E-state index in [-0.39, 0.29) is 17.7 Å². The number of halogens is 3. The van der Waals surface area contributed by atoms with E-state index in [9.17, 15) is 18.3 Å². The highest BCUT2D eigenvalue weighted by atomic mass is 19.4. The molecule has 0 fully saturated rings. The van der Waals surface area contributed by atoms with Gasteiger partial charge in [0.1, 0.15) is 0 Å². The van der Waals surface area contributed by atoms with E-state index < -0.39 is 11.7 Å². The Morgan fingerprint density at radius 1 is 1.19 bits per heavy atom. The van der Waals surface area contributed by atoms with Crippen molar-refractivity contribution in [3.05, 3.63) is 70.9 Å². The maximum atomic E-state index is 13.3. The van der Waals surface area contributed by atoms with Crippen LogP contribution in [0.1, 0.15) is 54.5 Å². The smallest absolute Gasteiger partial charge is 0.393 e. The second-order valence-electron chi connectivity index (χ2n) is 8.03. The summed E-state index contributed by atoms with van der Waals surface area (Å²) in [4.78, 5) is 0. The molecule has 2 atom stereocenters. The van der Waals surface area contributed by atoms with Gasteiger partial charge in [-0.3, -0.25) is 0 Å². The van der Waals surface area contributed by atoms with Gasteiger partial charge in [-0.15, -0.1) is 0 Å². The molecule has 0 amide bonds. The quantitative estimate of drug-likeness (QED) is 0.532. The van der Waals surface area contributed by atoms with Gasteiger partial charge in [-0.05, 0) is 73.6 Å². The number of aliphatic hydroxyl groups excluding tert-OH is 1. The van der Waals surface area contributed by atoms with Crippen molar-refractivity contribution in [3.63, 3.8) is 0 Å². The van der Waals surface area contributed by atoms with E-state index in [0.29, 0.717) is 23.2 Å². The molecule has 4 rings (SSSR count). The average molecular weight is 427 g/mol. The minimum absolute atomic E-state index is 0.216. The zero-order valence-corrected chi connectivity index (χ0v) is 17.4. The Kier molecular flexibility index (Phi) is 5.71. The lowest BCUT2D eigenvalue weighted by Crippen LogP contribution is -2.14. The number of aromatic nitrogens is 2. The third-order valence-corrected chi connectivity index (χ3v) is 5.91. The minimum Gasteiger partial charge on any atom is -0.393 e. The molecule has 0 saturated heterocycles. The monoisotopic (exact) mass is 427 g/mol. The van der Waals surface area contributed by atoms with Crippen molar-refractivity contribution < 1.29 is 18.3 Å². The number of rotatable bonds is 4. The van der Waals surface area contributed by atoms with Crippen LogP contribution in [0.3, 0.4) is 0 Å².